The number of anilines is 1. The van der Waals surface area contributed by atoms with Gasteiger partial charge >= 0.3 is 6.18 Å². The number of rotatable bonds is 3. The Morgan fingerprint density at radius 3 is 2.48 bits per heavy atom. The predicted octanol–water partition coefficient (Wildman–Crippen LogP) is 3.29. The monoisotopic (exact) mass is 300 g/mol. The van der Waals surface area contributed by atoms with Crippen molar-refractivity contribution >= 4 is 11.6 Å². The molecular weight excluding hydrogens is 281 g/mol. The van der Waals surface area contributed by atoms with E-state index in [2.05, 4.69) is 5.32 Å². The summed E-state index contributed by atoms with van der Waals surface area (Å²) in [6.07, 6.45) is -4.31. The summed E-state index contributed by atoms with van der Waals surface area (Å²) >= 11 is 0. The van der Waals surface area contributed by atoms with Crippen LogP contribution in [0.3, 0.4) is 0 Å². The Kier molecular flexibility index (Phi) is 4.16. The van der Waals surface area contributed by atoms with Gasteiger partial charge in [0.1, 0.15) is 0 Å². The number of carbonyl (C=O) groups is 1. The molecule has 1 N–H and O–H groups in total. The number of likely N-dealkylation sites (tertiary alicyclic amines) is 1. The predicted molar refractivity (Wildman–Crippen MR) is 74.9 cm³/mol. The van der Waals surface area contributed by atoms with E-state index in [1.807, 2.05) is 18.2 Å². The van der Waals surface area contributed by atoms with Crippen LogP contribution in [0.4, 0.5) is 18.9 Å². The van der Waals surface area contributed by atoms with Crippen LogP contribution in [0.2, 0.25) is 0 Å². The molecule has 0 radical (unpaired) electrons. The molecule has 1 aromatic carbocycles. The van der Waals surface area contributed by atoms with Gasteiger partial charge in [0.2, 0.25) is 5.91 Å². The Labute approximate surface area is 122 Å². The van der Waals surface area contributed by atoms with Gasteiger partial charge in [0.05, 0.1) is 12.5 Å². The lowest BCUT2D eigenvalue weighted by Crippen LogP contribution is -2.51. The van der Waals surface area contributed by atoms with Crippen LogP contribution in [0.15, 0.2) is 30.3 Å². The molecule has 1 heterocycles. The summed E-state index contributed by atoms with van der Waals surface area (Å²) in [6, 6.07) is 9.12. The molecule has 0 aliphatic carbocycles. The molecule has 2 rings (SSSR count). The van der Waals surface area contributed by atoms with Crippen molar-refractivity contribution in [1.29, 1.82) is 0 Å². The largest absolute Gasteiger partial charge is 0.394 e. The highest BCUT2D eigenvalue weighted by atomic mass is 19.4. The van der Waals surface area contributed by atoms with Gasteiger partial charge in [-0.1, -0.05) is 18.2 Å². The first kappa shape index (κ1) is 15.7. The van der Waals surface area contributed by atoms with Gasteiger partial charge in [-0.05, 0) is 32.4 Å². The van der Waals surface area contributed by atoms with Crippen LogP contribution < -0.4 is 5.32 Å². The molecule has 1 fully saturated rings. The summed E-state index contributed by atoms with van der Waals surface area (Å²) in [4.78, 5) is 13.5. The number of alkyl halides is 3. The van der Waals surface area contributed by atoms with E-state index < -0.39 is 17.6 Å². The number of hydrogen-bond acceptors (Lipinski definition) is 2. The van der Waals surface area contributed by atoms with Crippen molar-refractivity contribution in [3.63, 3.8) is 0 Å². The average Bonchev–Trinajstić information content (AvgIpc) is 2.72. The first-order valence-electron chi connectivity index (χ1n) is 6.89. The van der Waals surface area contributed by atoms with Crippen LogP contribution >= 0.6 is 0 Å². The molecule has 1 aliphatic rings. The molecule has 1 unspecified atom stereocenters. The van der Waals surface area contributed by atoms with E-state index in [1.54, 1.807) is 12.1 Å². The van der Waals surface area contributed by atoms with Crippen molar-refractivity contribution in [2.75, 3.05) is 18.4 Å². The SMILES string of the molecule is CC1(C)C(C(F)(F)F)CCN1C(=O)CNc1ccccc1. The van der Waals surface area contributed by atoms with Crippen LogP contribution in [0.1, 0.15) is 20.3 Å². The van der Waals surface area contributed by atoms with Crippen LogP contribution in [0.5, 0.6) is 0 Å². The first-order chi connectivity index (χ1) is 9.73. The molecule has 3 nitrogen and oxygen atoms in total. The van der Waals surface area contributed by atoms with Gasteiger partial charge in [0.25, 0.3) is 0 Å². The summed E-state index contributed by atoms with van der Waals surface area (Å²) in [5, 5.41) is 2.94. The first-order valence-corrected chi connectivity index (χ1v) is 6.89. The molecule has 0 bridgehead atoms. The molecule has 116 valence electrons. The number of nitrogens with one attached hydrogen (secondary N) is 1. The molecule has 1 saturated heterocycles. The smallest absolute Gasteiger partial charge is 0.376 e. The summed E-state index contributed by atoms with van der Waals surface area (Å²) in [6.45, 7) is 3.11. The maximum Gasteiger partial charge on any atom is 0.394 e. The van der Waals surface area contributed by atoms with E-state index in [4.69, 9.17) is 0 Å². The molecule has 0 saturated carbocycles. The normalized spacial score (nSPS) is 21.4. The van der Waals surface area contributed by atoms with E-state index in [1.165, 1.54) is 18.7 Å². The number of amides is 1. The highest BCUT2D eigenvalue weighted by Crippen LogP contribution is 2.44. The summed E-state index contributed by atoms with van der Waals surface area (Å²) in [7, 11) is 0. The Hall–Kier alpha value is -1.72. The zero-order chi connectivity index (χ0) is 15.7. The van der Waals surface area contributed by atoms with Crippen molar-refractivity contribution in [3.8, 4) is 0 Å². The Morgan fingerprint density at radius 2 is 1.95 bits per heavy atom. The minimum Gasteiger partial charge on any atom is -0.376 e. The van der Waals surface area contributed by atoms with E-state index in [0.29, 0.717) is 0 Å². The van der Waals surface area contributed by atoms with Crippen LogP contribution in [-0.4, -0.2) is 35.6 Å². The van der Waals surface area contributed by atoms with Gasteiger partial charge in [0, 0.05) is 17.8 Å². The van der Waals surface area contributed by atoms with Crippen molar-refractivity contribution in [1.82, 2.24) is 4.90 Å². The molecule has 21 heavy (non-hydrogen) atoms. The zero-order valence-electron chi connectivity index (χ0n) is 12.1. The Bertz CT molecular complexity index is 499. The van der Waals surface area contributed by atoms with Gasteiger partial charge in [-0.25, -0.2) is 0 Å². The third-order valence-corrected chi connectivity index (χ3v) is 4.10. The lowest BCUT2D eigenvalue weighted by molar-refractivity contribution is -0.192. The van der Waals surface area contributed by atoms with Crippen molar-refractivity contribution in [2.45, 2.75) is 32.0 Å². The molecule has 1 aromatic rings. The van der Waals surface area contributed by atoms with E-state index in [9.17, 15) is 18.0 Å². The minimum atomic E-state index is -4.27. The van der Waals surface area contributed by atoms with Gasteiger partial charge in [-0.15, -0.1) is 0 Å². The van der Waals surface area contributed by atoms with E-state index >= 15 is 0 Å². The summed E-state index contributed by atoms with van der Waals surface area (Å²) in [5.74, 6) is -1.78. The molecular formula is C15H19F3N2O. The van der Waals surface area contributed by atoms with Crippen molar-refractivity contribution in [3.05, 3.63) is 30.3 Å². The number of hydrogen-bond donors (Lipinski definition) is 1. The summed E-state index contributed by atoms with van der Waals surface area (Å²) < 4.78 is 39.0. The highest BCUT2D eigenvalue weighted by molar-refractivity contribution is 5.82. The average molecular weight is 300 g/mol. The second-order valence-corrected chi connectivity index (χ2v) is 5.80. The number of halogens is 3. The number of carbonyl (C=O) groups excluding carboxylic acids is 1. The molecule has 1 aliphatic heterocycles. The molecule has 1 amide bonds. The van der Waals surface area contributed by atoms with Crippen molar-refractivity contribution < 1.29 is 18.0 Å². The van der Waals surface area contributed by atoms with Crippen molar-refractivity contribution in [2.24, 2.45) is 5.92 Å². The van der Waals surface area contributed by atoms with E-state index in [-0.39, 0.29) is 25.4 Å². The molecule has 1 atom stereocenters. The fourth-order valence-electron chi connectivity index (χ4n) is 2.93. The van der Waals surface area contributed by atoms with Gasteiger partial charge in [0.15, 0.2) is 0 Å². The third kappa shape index (κ3) is 3.31. The number of benzene rings is 1. The van der Waals surface area contributed by atoms with Crippen LogP contribution in [-0.2, 0) is 4.79 Å². The Balaban J connectivity index is 2.00. The maximum absolute atomic E-state index is 13.0. The molecule has 0 spiro atoms. The second kappa shape index (κ2) is 5.58. The summed E-state index contributed by atoms with van der Waals surface area (Å²) in [5.41, 5.74) is -0.427. The zero-order valence-corrected chi connectivity index (χ0v) is 12.1. The van der Waals surface area contributed by atoms with Crippen LogP contribution in [0, 0.1) is 5.92 Å². The van der Waals surface area contributed by atoms with Gasteiger partial charge in [-0.3, -0.25) is 4.79 Å². The molecule has 0 aromatic heterocycles. The lowest BCUT2D eigenvalue weighted by Gasteiger charge is -2.36. The fourth-order valence-corrected chi connectivity index (χ4v) is 2.93. The van der Waals surface area contributed by atoms with Crippen LogP contribution in [0.25, 0.3) is 0 Å². The topological polar surface area (TPSA) is 32.3 Å². The highest BCUT2D eigenvalue weighted by Gasteiger charge is 2.55. The standard InChI is InChI=1S/C15H19F3N2O/c1-14(2)12(15(16,17)18)8-9-20(14)13(21)10-19-11-6-4-3-5-7-11/h3-7,12,19H,8-10H2,1-2H3. The third-order valence-electron chi connectivity index (χ3n) is 4.10. The van der Waals surface area contributed by atoms with Gasteiger partial charge < -0.3 is 10.2 Å². The minimum absolute atomic E-state index is 0.00196. The number of nitrogens with zero attached hydrogens (tertiary/aromatic N) is 1. The lowest BCUT2D eigenvalue weighted by atomic mass is 9.88. The van der Waals surface area contributed by atoms with Gasteiger partial charge in [-0.2, -0.15) is 13.2 Å². The quantitative estimate of drug-likeness (QED) is 0.929. The Morgan fingerprint density at radius 1 is 1.33 bits per heavy atom. The number of para-hydroxylation sites is 1. The fraction of sp³-hybridized carbons (Fsp3) is 0.533. The maximum atomic E-state index is 13.0. The van der Waals surface area contributed by atoms with E-state index in [0.717, 1.165) is 5.69 Å². The molecule has 6 heteroatoms. The second-order valence-electron chi connectivity index (χ2n) is 5.80.